The molecular weight excluding hydrogens is 378 g/mol. The monoisotopic (exact) mass is 403 g/mol. The molecule has 10 nitrogen and oxygen atoms in total. The Hall–Kier alpha value is -2.75. The highest BCUT2D eigenvalue weighted by molar-refractivity contribution is 5.83. The maximum Gasteiger partial charge on any atom is 0.410 e. The van der Waals surface area contributed by atoms with E-state index < -0.39 is 11.5 Å². The molecule has 2 unspecified atom stereocenters. The number of aryl methyl sites for hydroxylation is 1. The average molecular weight is 403 g/mol. The summed E-state index contributed by atoms with van der Waals surface area (Å²) in [5.41, 5.74) is 0.276. The number of aliphatic hydroxyl groups excluding tert-OH is 1. The Balaban J connectivity index is 1.32. The highest BCUT2D eigenvalue weighted by Gasteiger charge is 2.54. The van der Waals surface area contributed by atoms with E-state index in [9.17, 15) is 19.5 Å². The van der Waals surface area contributed by atoms with Crippen LogP contribution < -0.4 is 0 Å². The summed E-state index contributed by atoms with van der Waals surface area (Å²) >= 11 is 0. The number of carbonyl (C=O) groups excluding carboxylic acids is 3. The third-order valence-electron chi connectivity index (χ3n) is 6.16. The highest BCUT2D eigenvalue weighted by Crippen LogP contribution is 2.42. The maximum atomic E-state index is 12.6. The normalized spacial score (nSPS) is 26.0. The van der Waals surface area contributed by atoms with Crippen molar-refractivity contribution in [1.29, 1.82) is 0 Å². The highest BCUT2D eigenvalue weighted by atomic mass is 16.6. The molecule has 4 rings (SSSR count). The number of rotatable bonds is 6. The lowest BCUT2D eigenvalue weighted by atomic mass is 9.82. The molecule has 3 amide bonds. The van der Waals surface area contributed by atoms with Crippen LogP contribution in [0.25, 0.3) is 0 Å². The molecule has 3 saturated heterocycles. The van der Waals surface area contributed by atoms with Crippen molar-refractivity contribution in [2.24, 2.45) is 11.3 Å². The lowest BCUT2D eigenvalue weighted by molar-refractivity contribution is -0.132. The molecule has 1 N–H and O–H groups in total. The molecule has 10 heteroatoms. The number of aromatic nitrogens is 2. The second-order valence-corrected chi connectivity index (χ2v) is 8.00. The first-order valence-corrected chi connectivity index (χ1v) is 9.84. The molecule has 0 radical (unpaired) electrons. The van der Waals surface area contributed by atoms with E-state index in [4.69, 9.17) is 4.74 Å². The van der Waals surface area contributed by atoms with E-state index in [1.807, 2.05) is 0 Å². The zero-order valence-electron chi connectivity index (χ0n) is 16.2. The molecule has 4 heterocycles. The van der Waals surface area contributed by atoms with Gasteiger partial charge in [0.25, 0.3) is 0 Å². The molecule has 0 aromatic carbocycles. The summed E-state index contributed by atoms with van der Waals surface area (Å²) in [5, 5.41) is 10.1. The smallest absolute Gasteiger partial charge is 0.410 e. The number of nitrogens with zero attached hydrogens (tertiary/aromatic N) is 5. The molecule has 2 atom stereocenters. The second kappa shape index (κ2) is 7.94. The van der Waals surface area contributed by atoms with Gasteiger partial charge in [0.05, 0.1) is 18.8 Å². The van der Waals surface area contributed by atoms with Crippen LogP contribution in [-0.4, -0.2) is 100 Å². The number of hydrogen-bond donors (Lipinski definition) is 1. The van der Waals surface area contributed by atoms with E-state index in [0.29, 0.717) is 52.2 Å². The summed E-state index contributed by atoms with van der Waals surface area (Å²) < 4.78 is 4.86. The van der Waals surface area contributed by atoms with Crippen molar-refractivity contribution in [3.8, 4) is 0 Å². The van der Waals surface area contributed by atoms with Crippen molar-refractivity contribution in [2.75, 3.05) is 52.5 Å². The largest absolute Gasteiger partial charge is 0.448 e. The lowest BCUT2D eigenvalue weighted by Crippen LogP contribution is -2.43. The minimum atomic E-state index is -0.497. The molecule has 3 aliphatic heterocycles. The minimum Gasteiger partial charge on any atom is -0.448 e. The van der Waals surface area contributed by atoms with Gasteiger partial charge >= 0.3 is 6.09 Å². The van der Waals surface area contributed by atoms with Crippen LogP contribution in [0.15, 0.2) is 18.6 Å². The van der Waals surface area contributed by atoms with Gasteiger partial charge in [-0.15, -0.1) is 0 Å². The van der Waals surface area contributed by atoms with Gasteiger partial charge in [0, 0.05) is 62.5 Å². The molecule has 1 aromatic rings. The van der Waals surface area contributed by atoms with Gasteiger partial charge in [0.1, 0.15) is 13.2 Å². The number of ether oxygens (including phenoxy) is 1. The standard InChI is InChI=1S/C19H25N5O5/c25-13-19-11-23(16(26)2-1-15-7-20-3-4-21-15)8-14(19)9-24(12-19)17(27)10-22-5-6-29-18(22)28/h3-4,7,14,25H,1-2,5-6,8-13H2. The van der Waals surface area contributed by atoms with Crippen LogP contribution in [0.2, 0.25) is 0 Å². The summed E-state index contributed by atoms with van der Waals surface area (Å²) in [7, 11) is 0. The van der Waals surface area contributed by atoms with Crippen molar-refractivity contribution in [3.63, 3.8) is 0 Å². The van der Waals surface area contributed by atoms with Crippen LogP contribution in [0.3, 0.4) is 0 Å². The zero-order valence-corrected chi connectivity index (χ0v) is 16.2. The topological polar surface area (TPSA) is 116 Å². The fraction of sp³-hybridized carbons (Fsp3) is 0.632. The molecule has 0 spiro atoms. The Morgan fingerprint density at radius 2 is 1.97 bits per heavy atom. The molecule has 156 valence electrons. The molecule has 0 bridgehead atoms. The Morgan fingerprint density at radius 3 is 2.55 bits per heavy atom. The predicted octanol–water partition coefficient (Wildman–Crippen LogP) is -0.859. The summed E-state index contributed by atoms with van der Waals surface area (Å²) in [5.74, 6) is -0.0929. The van der Waals surface area contributed by atoms with Gasteiger partial charge in [-0.1, -0.05) is 0 Å². The van der Waals surface area contributed by atoms with E-state index in [-0.39, 0.29) is 30.9 Å². The van der Waals surface area contributed by atoms with E-state index in [1.165, 1.54) is 4.90 Å². The van der Waals surface area contributed by atoms with Crippen molar-refractivity contribution in [2.45, 2.75) is 12.8 Å². The van der Waals surface area contributed by atoms with Gasteiger partial charge in [0.15, 0.2) is 0 Å². The third kappa shape index (κ3) is 3.89. The Morgan fingerprint density at radius 1 is 1.21 bits per heavy atom. The predicted molar refractivity (Wildman–Crippen MR) is 99.4 cm³/mol. The van der Waals surface area contributed by atoms with Crippen molar-refractivity contribution >= 4 is 17.9 Å². The molecule has 29 heavy (non-hydrogen) atoms. The number of fused-ring (bicyclic) bond motifs is 1. The molecular formula is C19H25N5O5. The first kappa shape index (κ1) is 19.6. The summed E-state index contributed by atoms with van der Waals surface area (Å²) in [4.78, 5) is 49.9. The van der Waals surface area contributed by atoms with Crippen LogP contribution in [0.4, 0.5) is 4.79 Å². The third-order valence-corrected chi connectivity index (χ3v) is 6.16. The Kier molecular flexibility index (Phi) is 5.35. The Labute approximate surface area is 168 Å². The lowest BCUT2D eigenvalue weighted by Gasteiger charge is -2.28. The van der Waals surface area contributed by atoms with Gasteiger partial charge in [-0.25, -0.2) is 4.79 Å². The van der Waals surface area contributed by atoms with Crippen molar-refractivity contribution in [3.05, 3.63) is 24.3 Å². The maximum absolute atomic E-state index is 12.6. The number of carbonyl (C=O) groups is 3. The molecule has 1 aromatic heterocycles. The SMILES string of the molecule is O=C(CCc1cnccn1)N1CC2CN(C(=O)CN3CCOC3=O)CC2(CO)C1. The van der Waals surface area contributed by atoms with Crippen LogP contribution in [0.5, 0.6) is 0 Å². The summed E-state index contributed by atoms with van der Waals surface area (Å²) in [6, 6.07) is 0. The number of hydrogen-bond acceptors (Lipinski definition) is 7. The van der Waals surface area contributed by atoms with Gasteiger partial charge in [-0.3, -0.25) is 24.5 Å². The summed E-state index contributed by atoms with van der Waals surface area (Å²) in [6.45, 7) is 2.47. The van der Waals surface area contributed by atoms with Crippen LogP contribution in [0, 0.1) is 11.3 Å². The minimum absolute atomic E-state index is 0.00613. The van der Waals surface area contributed by atoms with Crippen LogP contribution in [-0.2, 0) is 20.7 Å². The molecule has 3 aliphatic rings. The van der Waals surface area contributed by atoms with E-state index in [0.717, 1.165) is 5.69 Å². The average Bonchev–Trinajstić information content (AvgIpc) is 3.39. The van der Waals surface area contributed by atoms with Crippen LogP contribution in [0.1, 0.15) is 12.1 Å². The van der Waals surface area contributed by atoms with Gasteiger partial charge < -0.3 is 19.6 Å². The summed E-state index contributed by atoms with van der Waals surface area (Å²) in [6.07, 6.45) is 5.25. The number of cyclic esters (lactones) is 1. The molecule has 0 saturated carbocycles. The van der Waals surface area contributed by atoms with Gasteiger partial charge in [-0.05, 0) is 6.42 Å². The number of amides is 3. The quantitative estimate of drug-likeness (QED) is 0.657. The van der Waals surface area contributed by atoms with Crippen molar-refractivity contribution in [1.82, 2.24) is 24.7 Å². The zero-order chi connectivity index (χ0) is 20.4. The number of likely N-dealkylation sites (tertiary alicyclic amines) is 2. The van der Waals surface area contributed by atoms with Gasteiger partial charge in [-0.2, -0.15) is 0 Å². The van der Waals surface area contributed by atoms with Gasteiger partial charge in [0.2, 0.25) is 11.8 Å². The van der Waals surface area contributed by atoms with E-state index >= 15 is 0 Å². The fourth-order valence-corrected chi connectivity index (χ4v) is 4.47. The fourth-order valence-electron chi connectivity index (χ4n) is 4.47. The number of aliphatic hydroxyl groups is 1. The molecule has 0 aliphatic carbocycles. The Bertz CT molecular complexity index is 790. The van der Waals surface area contributed by atoms with E-state index in [1.54, 1.807) is 28.4 Å². The second-order valence-electron chi connectivity index (χ2n) is 8.00. The van der Waals surface area contributed by atoms with Crippen LogP contribution >= 0.6 is 0 Å². The molecule has 3 fully saturated rings. The van der Waals surface area contributed by atoms with E-state index in [2.05, 4.69) is 9.97 Å². The van der Waals surface area contributed by atoms with Crippen molar-refractivity contribution < 1.29 is 24.2 Å². The first-order valence-electron chi connectivity index (χ1n) is 9.84. The first-order chi connectivity index (χ1) is 14.0.